The molecule has 0 bridgehead atoms. The Bertz CT molecular complexity index is 248. The number of hydrogen-bond donors (Lipinski definition) is 1. The predicted octanol–water partition coefficient (Wildman–Crippen LogP) is 2.40. The standard InChI is InChI=1S/C10H15NO/c1-8-6-10(12-7-8)9-4-2-3-5-11-9/h6-7,9,11H,2-5H2,1H3/t9-/m1/s1. The van der Waals surface area contributed by atoms with Crippen LogP contribution in [0.1, 0.15) is 36.6 Å². The van der Waals surface area contributed by atoms with Crippen molar-refractivity contribution in [2.45, 2.75) is 32.2 Å². The molecule has 1 atom stereocenters. The quantitative estimate of drug-likeness (QED) is 0.691. The fourth-order valence-corrected chi connectivity index (χ4v) is 1.73. The first-order chi connectivity index (χ1) is 5.86. The summed E-state index contributed by atoms with van der Waals surface area (Å²) in [4.78, 5) is 0. The van der Waals surface area contributed by atoms with Crippen molar-refractivity contribution in [3.63, 3.8) is 0 Å². The highest BCUT2D eigenvalue weighted by Crippen LogP contribution is 2.24. The summed E-state index contributed by atoms with van der Waals surface area (Å²) in [5.74, 6) is 1.10. The lowest BCUT2D eigenvalue weighted by atomic mass is 10.0. The van der Waals surface area contributed by atoms with Crippen LogP contribution < -0.4 is 5.32 Å². The third-order valence-corrected chi connectivity index (χ3v) is 2.40. The number of aryl methyl sites for hydroxylation is 1. The molecule has 0 aliphatic carbocycles. The molecule has 12 heavy (non-hydrogen) atoms. The molecular weight excluding hydrogens is 150 g/mol. The van der Waals surface area contributed by atoms with Crippen molar-refractivity contribution in [3.8, 4) is 0 Å². The summed E-state index contributed by atoms with van der Waals surface area (Å²) in [6.07, 6.45) is 5.66. The molecule has 0 saturated carbocycles. The normalized spacial score (nSPS) is 24.2. The van der Waals surface area contributed by atoms with Crippen molar-refractivity contribution < 1.29 is 4.42 Å². The smallest absolute Gasteiger partial charge is 0.120 e. The fraction of sp³-hybridized carbons (Fsp3) is 0.600. The Morgan fingerprint density at radius 3 is 3.00 bits per heavy atom. The van der Waals surface area contributed by atoms with Gasteiger partial charge in [-0.2, -0.15) is 0 Å². The highest BCUT2D eigenvalue weighted by atomic mass is 16.3. The minimum Gasteiger partial charge on any atom is -0.467 e. The van der Waals surface area contributed by atoms with Crippen molar-refractivity contribution in [2.24, 2.45) is 0 Å². The van der Waals surface area contributed by atoms with Crippen LogP contribution in [0.4, 0.5) is 0 Å². The molecule has 0 spiro atoms. The molecule has 0 radical (unpaired) electrons. The first-order valence-corrected chi connectivity index (χ1v) is 4.65. The van der Waals surface area contributed by atoms with Gasteiger partial charge in [0.15, 0.2) is 0 Å². The van der Waals surface area contributed by atoms with E-state index in [0.717, 1.165) is 12.3 Å². The van der Waals surface area contributed by atoms with E-state index in [1.54, 1.807) is 0 Å². The monoisotopic (exact) mass is 165 g/mol. The zero-order valence-electron chi connectivity index (χ0n) is 7.47. The summed E-state index contributed by atoms with van der Waals surface area (Å²) in [7, 11) is 0. The molecule has 0 amide bonds. The maximum Gasteiger partial charge on any atom is 0.120 e. The summed E-state index contributed by atoms with van der Waals surface area (Å²) in [6, 6.07) is 2.59. The molecular formula is C10H15NO. The molecule has 1 saturated heterocycles. The van der Waals surface area contributed by atoms with Gasteiger partial charge in [0.05, 0.1) is 12.3 Å². The van der Waals surface area contributed by atoms with E-state index in [-0.39, 0.29) is 0 Å². The molecule has 0 aromatic carbocycles. The molecule has 1 aliphatic heterocycles. The van der Waals surface area contributed by atoms with Crippen LogP contribution in [0.25, 0.3) is 0 Å². The number of piperidine rings is 1. The van der Waals surface area contributed by atoms with Crippen LogP contribution >= 0.6 is 0 Å². The Morgan fingerprint density at radius 1 is 1.50 bits per heavy atom. The van der Waals surface area contributed by atoms with Crippen LogP contribution in [0.15, 0.2) is 16.7 Å². The molecule has 2 heterocycles. The molecule has 66 valence electrons. The van der Waals surface area contributed by atoms with Gasteiger partial charge in [0, 0.05) is 0 Å². The van der Waals surface area contributed by atoms with Crippen LogP contribution in [0.5, 0.6) is 0 Å². The number of furan rings is 1. The average Bonchev–Trinajstić information content (AvgIpc) is 2.54. The first-order valence-electron chi connectivity index (χ1n) is 4.65. The Labute approximate surface area is 73.0 Å². The maximum absolute atomic E-state index is 5.44. The van der Waals surface area contributed by atoms with Crippen LogP contribution in [0.2, 0.25) is 0 Å². The van der Waals surface area contributed by atoms with E-state index in [4.69, 9.17) is 4.42 Å². The fourth-order valence-electron chi connectivity index (χ4n) is 1.73. The molecule has 1 aromatic heterocycles. The minimum absolute atomic E-state index is 0.465. The minimum atomic E-state index is 0.465. The van der Waals surface area contributed by atoms with Gasteiger partial charge in [0.2, 0.25) is 0 Å². The first kappa shape index (κ1) is 7.87. The van der Waals surface area contributed by atoms with Gasteiger partial charge >= 0.3 is 0 Å². The summed E-state index contributed by atoms with van der Waals surface area (Å²) < 4.78 is 5.44. The molecule has 2 nitrogen and oxygen atoms in total. The third kappa shape index (κ3) is 1.53. The van der Waals surface area contributed by atoms with Crippen LogP contribution in [-0.4, -0.2) is 6.54 Å². The summed E-state index contributed by atoms with van der Waals surface area (Å²) in [5, 5.41) is 3.45. The van der Waals surface area contributed by atoms with Gasteiger partial charge in [-0.3, -0.25) is 0 Å². The second kappa shape index (κ2) is 3.31. The lowest BCUT2D eigenvalue weighted by Gasteiger charge is -2.21. The molecule has 1 fully saturated rings. The lowest BCUT2D eigenvalue weighted by Crippen LogP contribution is -2.26. The number of rotatable bonds is 1. The Balaban J connectivity index is 2.08. The molecule has 2 heteroatoms. The van der Waals surface area contributed by atoms with E-state index in [9.17, 15) is 0 Å². The Morgan fingerprint density at radius 2 is 2.42 bits per heavy atom. The van der Waals surface area contributed by atoms with E-state index in [0.29, 0.717) is 6.04 Å². The molecule has 0 unspecified atom stereocenters. The second-order valence-electron chi connectivity index (χ2n) is 3.53. The molecule has 2 rings (SSSR count). The summed E-state index contributed by atoms with van der Waals surface area (Å²) in [6.45, 7) is 3.19. The van der Waals surface area contributed by atoms with Gasteiger partial charge in [-0.1, -0.05) is 6.42 Å². The Hall–Kier alpha value is -0.760. The van der Waals surface area contributed by atoms with Crippen molar-refractivity contribution in [2.75, 3.05) is 6.54 Å². The molecule has 1 aromatic rings. The van der Waals surface area contributed by atoms with E-state index in [1.165, 1.54) is 24.8 Å². The highest BCUT2D eigenvalue weighted by Gasteiger charge is 2.16. The predicted molar refractivity (Wildman–Crippen MR) is 48.0 cm³/mol. The number of nitrogens with one attached hydrogen (secondary N) is 1. The van der Waals surface area contributed by atoms with Gasteiger partial charge in [0.25, 0.3) is 0 Å². The van der Waals surface area contributed by atoms with Crippen molar-refractivity contribution in [1.82, 2.24) is 5.32 Å². The second-order valence-corrected chi connectivity index (χ2v) is 3.53. The van der Waals surface area contributed by atoms with Crippen LogP contribution in [0, 0.1) is 6.92 Å². The third-order valence-electron chi connectivity index (χ3n) is 2.40. The SMILES string of the molecule is Cc1coc([C@H]2CCCCN2)c1. The van der Waals surface area contributed by atoms with Gasteiger partial charge in [-0.25, -0.2) is 0 Å². The zero-order chi connectivity index (χ0) is 8.39. The van der Waals surface area contributed by atoms with Crippen molar-refractivity contribution in [3.05, 3.63) is 23.7 Å². The van der Waals surface area contributed by atoms with Gasteiger partial charge < -0.3 is 9.73 Å². The van der Waals surface area contributed by atoms with Crippen molar-refractivity contribution >= 4 is 0 Å². The van der Waals surface area contributed by atoms with Gasteiger partial charge in [-0.15, -0.1) is 0 Å². The Kier molecular flexibility index (Phi) is 2.17. The van der Waals surface area contributed by atoms with E-state index >= 15 is 0 Å². The average molecular weight is 165 g/mol. The van der Waals surface area contributed by atoms with E-state index in [2.05, 4.69) is 18.3 Å². The largest absolute Gasteiger partial charge is 0.467 e. The van der Waals surface area contributed by atoms with E-state index < -0.39 is 0 Å². The highest BCUT2D eigenvalue weighted by molar-refractivity contribution is 5.14. The summed E-state index contributed by atoms with van der Waals surface area (Å²) in [5.41, 5.74) is 1.22. The van der Waals surface area contributed by atoms with Gasteiger partial charge in [-0.05, 0) is 37.9 Å². The van der Waals surface area contributed by atoms with E-state index in [1.807, 2.05) is 6.26 Å². The maximum atomic E-state index is 5.44. The van der Waals surface area contributed by atoms with Gasteiger partial charge in [0.1, 0.15) is 5.76 Å². The molecule has 1 N–H and O–H groups in total. The topological polar surface area (TPSA) is 25.2 Å². The van der Waals surface area contributed by atoms with Crippen molar-refractivity contribution in [1.29, 1.82) is 0 Å². The van der Waals surface area contributed by atoms with Crippen LogP contribution in [-0.2, 0) is 0 Å². The lowest BCUT2D eigenvalue weighted by molar-refractivity contribution is 0.349. The summed E-state index contributed by atoms with van der Waals surface area (Å²) >= 11 is 0. The zero-order valence-corrected chi connectivity index (χ0v) is 7.47. The number of hydrogen-bond acceptors (Lipinski definition) is 2. The molecule has 1 aliphatic rings. The van der Waals surface area contributed by atoms with Crippen LogP contribution in [0.3, 0.4) is 0 Å².